The van der Waals surface area contributed by atoms with Gasteiger partial charge in [0.25, 0.3) is 0 Å². The molecule has 0 saturated heterocycles. The van der Waals surface area contributed by atoms with Gasteiger partial charge in [0.1, 0.15) is 11.8 Å². The summed E-state index contributed by atoms with van der Waals surface area (Å²) in [5.74, 6) is 0. The number of aryl methyl sites for hydroxylation is 2. The molecule has 0 unspecified atom stereocenters. The summed E-state index contributed by atoms with van der Waals surface area (Å²) < 4.78 is 1.84. The molecule has 2 aromatic rings. The van der Waals surface area contributed by atoms with Crippen molar-refractivity contribution in [2.75, 3.05) is 0 Å². The Hall–Kier alpha value is -2.12. The normalized spacial score (nSPS) is 10.3. The van der Waals surface area contributed by atoms with E-state index in [1.165, 1.54) is 5.56 Å². The maximum Gasteiger partial charge on any atom is 0.120 e. The highest BCUT2D eigenvalue weighted by molar-refractivity contribution is 5.28. The van der Waals surface area contributed by atoms with Crippen LogP contribution in [0.4, 0.5) is 0 Å². The van der Waals surface area contributed by atoms with Crippen LogP contribution in [-0.4, -0.2) is 9.55 Å². The lowest BCUT2D eigenvalue weighted by Crippen LogP contribution is -2.14. The van der Waals surface area contributed by atoms with Gasteiger partial charge >= 0.3 is 0 Å². The third-order valence-electron chi connectivity index (χ3n) is 2.92. The second-order valence-electron chi connectivity index (χ2n) is 4.33. The molecule has 0 atom stereocenters. The van der Waals surface area contributed by atoms with Crippen molar-refractivity contribution in [2.45, 2.75) is 20.0 Å². The van der Waals surface area contributed by atoms with Crippen molar-refractivity contribution >= 4 is 0 Å². The Morgan fingerprint density at radius 1 is 1.44 bits per heavy atom. The fourth-order valence-electron chi connectivity index (χ4n) is 1.87. The van der Waals surface area contributed by atoms with Crippen molar-refractivity contribution in [3.63, 3.8) is 0 Å². The summed E-state index contributed by atoms with van der Waals surface area (Å²) in [7, 11) is 1.88. The van der Waals surface area contributed by atoms with Crippen LogP contribution in [0.25, 0.3) is 0 Å². The van der Waals surface area contributed by atoms with E-state index in [9.17, 15) is 0 Å². The zero-order valence-electron chi connectivity index (χ0n) is 10.6. The van der Waals surface area contributed by atoms with E-state index in [2.05, 4.69) is 29.4 Å². The molecule has 0 aliphatic heterocycles. The van der Waals surface area contributed by atoms with Crippen LogP contribution in [-0.2, 0) is 20.1 Å². The first kappa shape index (κ1) is 12.3. The molecular weight excluding hydrogens is 224 g/mol. The topological polar surface area (TPSA) is 53.6 Å². The van der Waals surface area contributed by atoms with E-state index in [1.807, 2.05) is 29.9 Å². The fourth-order valence-corrected chi connectivity index (χ4v) is 1.87. The number of aromatic nitrogens is 2. The number of nitrogens with one attached hydrogen (secondary N) is 1. The maximum absolute atomic E-state index is 8.87. The first-order valence-electron chi connectivity index (χ1n) is 5.87. The molecule has 92 valence electrons. The number of nitrogens with zero attached hydrogens (tertiary/aromatic N) is 3. The summed E-state index contributed by atoms with van der Waals surface area (Å²) in [6.45, 7) is 3.54. The Balaban J connectivity index is 1.93. The highest BCUT2D eigenvalue weighted by atomic mass is 14.9. The van der Waals surface area contributed by atoms with Gasteiger partial charge in [-0.15, -0.1) is 0 Å². The monoisotopic (exact) mass is 240 g/mol. The number of hydrogen-bond acceptors (Lipinski definition) is 3. The van der Waals surface area contributed by atoms with E-state index < -0.39 is 0 Å². The number of hydrogen-bond donors (Lipinski definition) is 1. The Morgan fingerprint density at radius 2 is 2.28 bits per heavy atom. The molecule has 18 heavy (non-hydrogen) atoms. The van der Waals surface area contributed by atoms with Gasteiger partial charge in [0, 0.05) is 32.5 Å². The highest BCUT2D eigenvalue weighted by Crippen LogP contribution is 2.07. The highest BCUT2D eigenvalue weighted by Gasteiger charge is 2.02. The Labute approximate surface area is 107 Å². The molecule has 1 N–H and O–H groups in total. The molecule has 0 bridgehead atoms. The molecule has 0 radical (unpaired) electrons. The van der Waals surface area contributed by atoms with Gasteiger partial charge in [0.15, 0.2) is 0 Å². The summed E-state index contributed by atoms with van der Waals surface area (Å²) in [6.07, 6.45) is 3.77. The number of rotatable bonds is 4. The van der Waals surface area contributed by atoms with Crippen LogP contribution >= 0.6 is 0 Å². The van der Waals surface area contributed by atoms with Crippen molar-refractivity contribution < 1.29 is 0 Å². The zero-order valence-corrected chi connectivity index (χ0v) is 10.6. The lowest BCUT2D eigenvalue weighted by molar-refractivity contribution is 0.675. The fraction of sp³-hybridized carbons (Fsp3) is 0.286. The van der Waals surface area contributed by atoms with Crippen LogP contribution in [0.1, 0.15) is 22.5 Å². The lowest BCUT2D eigenvalue weighted by Gasteiger charge is -2.05. The van der Waals surface area contributed by atoms with E-state index >= 15 is 0 Å². The molecule has 0 aliphatic carbocycles. The van der Waals surface area contributed by atoms with Crippen LogP contribution in [0.2, 0.25) is 0 Å². The Bertz CT molecular complexity index is 578. The van der Waals surface area contributed by atoms with Gasteiger partial charge in [-0.1, -0.05) is 6.07 Å². The SMILES string of the molecule is Cc1cccnc1CNCc1cc(C#N)n(C)c1. The molecule has 0 spiro atoms. The zero-order chi connectivity index (χ0) is 13.0. The standard InChI is InChI=1S/C14H16N4/c1-11-4-3-5-17-14(11)9-16-8-12-6-13(7-15)18(2)10-12/h3-6,10,16H,8-9H2,1-2H3. The van der Waals surface area contributed by atoms with Gasteiger partial charge in [-0.2, -0.15) is 5.26 Å². The van der Waals surface area contributed by atoms with Gasteiger partial charge < -0.3 is 9.88 Å². The lowest BCUT2D eigenvalue weighted by atomic mass is 10.2. The first-order chi connectivity index (χ1) is 8.70. The van der Waals surface area contributed by atoms with Crippen molar-refractivity contribution in [3.8, 4) is 6.07 Å². The smallest absolute Gasteiger partial charge is 0.120 e. The van der Waals surface area contributed by atoms with Crippen molar-refractivity contribution in [3.05, 3.63) is 53.1 Å². The van der Waals surface area contributed by atoms with Gasteiger partial charge in [0.2, 0.25) is 0 Å². The van der Waals surface area contributed by atoms with Crippen molar-refractivity contribution in [1.29, 1.82) is 5.26 Å². The van der Waals surface area contributed by atoms with Gasteiger partial charge in [-0.25, -0.2) is 0 Å². The van der Waals surface area contributed by atoms with E-state index in [4.69, 9.17) is 5.26 Å². The average Bonchev–Trinajstić information content (AvgIpc) is 2.72. The minimum absolute atomic E-state index is 0.681. The summed E-state index contributed by atoms with van der Waals surface area (Å²) in [6, 6.07) is 8.05. The van der Waals surface area contributed by atoms with E-state index in [0.717, 1.165) is 24.3 Å². The van der Waals surface area contributed by atoms with Crippen LogP contribution in [0, 0.1) is 18.3 Å². The molecule has 2 heterocycles. The molecule has 2 aromatic heterocycles. The summed E-state index contributed by atoms with van der Waals surface area (Å²) in [4.78, 5) is 4.33. The molecule has 4 nitrogen and oxygen atoms in total. The minimum atomic E-state index is 0.681. The third kappa shape index (κ3) is 2.76. The Morgan fingerprint density at radius 3 is 2.94 bits per heavy atom. The van der Waals surface area contributed by atoms with Crippen molar-refractivity contribution in [1.82, 2.24) is 14.9 Å². The van der Waals surface area contributed by atoms with Crippen molar-refractivity contribution in [2.24, 2.45) is 7.05 Å². The predicted molar refractivity (Wildman–Crippen MR) is 69.6 cm³/mol. The molecule has 0 amide bonds. The molecular formula is C14H16N4. The summed E-state index contributed by atoms with van der Waals surface area (Å²) in [5, 5.41) is 12.2. The molecule has 0 aromatic carbocycles. The number of pyridine rings is 1. The second kappa shape index (κ2) is 5.48. The molecule has 0 fully saturated rings. The van der Waals surface area contributed by atoms with Gasteiger partial charge in [0.05, 0.1) is 5.69 Å². The van der Waals surface area contributed by atoms with Crippen LogP contribution < -0.4 is 5.32 Å². The molecule has 0 saturated carbocycles. The van der Waals surface area contributed by atoms with Crippen LogP contribution in [0.15, 0.2) is 30.6 Å². The molecule has 0 aliphatic rings. The number of nitriles is 1. The quantitative estimate of drug-likeness (QED) is 0.888. The predicted octanol–water partition coefficient (Wildman–Crippen LogP) is 1.89. The van der Waals surface area contributed by atoms with E-state index in [1.54, 1.807) is 6.20 Å². The molecule has 4 heteroatoms. The first-order valence-corrected chi connectivity index (χ1v) is 5.87. The van der Waals surface area contributed by atoms with Crippen LogP contribution in [0.5, 0.6) is 0 Å². The largest absolute Gasteiger partial charge is 0.342 e. The van der Waals surface area contributed by atoms with Crippen LogP contribution in [0.3, 0.4) is 0 Å². The molecule has 2 rings (SSSR count). The Kier molecular flexibility index (Phi) is 3.75. The van der Waals surface area contributed by atoms with E-state index in [-0.39, 0.29) is 0 Å². The minimum Gasteiger partial charge on any atom is -0.342 e. The average molecular weight is 240 g/mol. The second-order valence-corrected chi connectivity index (χ2v) is 4.33. The maximum atomic E-state index is 8.87. The van der Waals surface area contributed by atoms with Gasteiger partial charge in [-0.05, 0) is 30.2 Å². The third-order valence-corrected chi connectivity index (χ3v) is 2.92. The van der Waals surface area contributed by atoms with Gasteiger partial charge in [-0.3, -0.25) is 4.98 Å². The summed E-state index contributed by atoms with van der Waals surface area (Å²) in [5.41, 5.74) is 4.05. The summed E-state index contributed by atoms with van der Waals surface area (Å²) >= 11 is 0. The van der Waals surface area contributed by atoms with E-state index in [0.29, 0.717) is 5.69 Å².